The van der Waals surface area contributed by atoms with Gasteiger partial charge in [0, 0.05) is 27.2 Å². The Morgan fingerprint density at radius 1 is 0.526 bits per heavy atom. The molecule has 0 unspecified atom stereocenters. The fourth-order valence-corrected chi connectivity index (χ4v) is 7.19. The number of aromatic hydroxyl groups is 3. The van der Waals surface area contributed by atoms with Crippen molar-refractivity contribution in [2.75, 3.05) is 5.73 Å². The first kappa shape index (κ1) is 37.9. The molecule has 0 amide bonds. The number of phenolic OH excluding ortho intramolecular Hbond substituents is 2. The highest BCUT2D eigenvalue weighted by molar-refractivity contribution is 7.86. The van der Waals surface area contributed by atoms with Crippen LogP contribution in [0.5, 0.6) is 17.2 Å². The number of phenols is 3. The number of nitrogen functional groups attached to an aromatic ring is 1. The van der Waals surface area contributed by atoms with Gasteiger partial charge < -0.3 is 26.2 Å². The molecule has 0 atom stereocenters. The number of aromatic carboxylic acids is 1. The normalized spacial score (nSPS) is 12.5. The number of nitrogens with zero attached hydrogens (tertiary/aromatic N) is 6. The number of hydrogen-bond acceptors (Lipinski definition) is 15. The minimum Gasteiger partial charge on any atom is -0.507 e. The number of benzene rings is 7. The van der Waals surface area contributed by atoms with Crippen LogP contribution in [0.15, 0.2) is 144 Å². The van der Waals surface area contributed by atoms with E-state index in [4.69, 9.17) is 5.73 Å². The average Bonchev–Trinajstić information content (AvgIpc) is 3.16. The lowest BCUT2D eigenvalue weighted by molar-refractivity contribution is 0.0693. The van der Waals surface area contributed by atoms with Crippen LogP contribution in [-0.2, 0) is 20.2 Å². The Morgan fingerprint density at radius 2 is 1.05 bits per heavy atom. The predicted molar refractivity (Wildman–Crippen MR) is 207 cm³/mol. The molecule has 0 fully saturated rings. The predicted octanol–water partition coefficient (Wildman–Crippen LogP) is 9.28. The molecule has 0 heterocycles. The molecule has 0 aliphatic heterocycles. The lowest BCUT2D eigenvalue weighted by Gasteiger charge is -2.10. The summed E-state index contributed by atoms with van der Waals surface area (Å²) in [5.74, 6) is -3.16. The van der Waals surface area contributed by atoms with Crippen LogP contribution in [0.1, 0.15) is 10.4 Å². The molecule has 7 rings (SSSR count). The minimum atomic E-state index is -5.00. The molecule has 7 aromatic rings. The Bertz CT molecular complexity index is 3170. The van der Waals surface area contributed by atoms with E-state index in [2.05, 4.69) is 30.7 Å². The van der Waals surface area contributed by atoms with Crippen molar-refractivity contribution < 1.29 is 51.2 Å². The van der Waals surface area contributed by atoms with E-state index in [1.807, 2.05) is 0 Å². The van der Waals surface area contributed by atoms with Crippen LogP contribution in [0.25, 0.3) is 32.3 Å². The highest BCUT2D eigenvalue weighted by Gasteiger charge is 2.24. The molecule has 0 saturated carbocycles. The molecule has 0 aliphatic carbocycles. The first-order valence-corrected chi connectivity index (χ1v) is 19.0. The lowest BCUT2D eigenvalue weighted by atomic mass is 10.1. The van der Waals surface area contributed by atoms with Gasteiger partial charge in [0.25, 0.3) is 20.2 Å². The SMILES string of the molecule is Nc1ccc2c(O)c(N=Nc3ccc4cc(S(=O)(=O)O)c(N=Nc5ccc(N=Nc6ccc(O)c(C(=O)O)c6)c6ccccc56)c(O)c4c3)c(S(=O)(=O)O)cc2c1. The summed E-state index contributed by atoms with van der Waals surface area (Å²) in [5.41, 5.74) is 5.07. The van der Waals surface area contributed by atoms with Crippen molar-refractivity contribution in [1.82, 2.24) is 0 Å². The number of carboxylic acid groups (broad SMARTS) is 1. The van der Waals surface area contributed by atoms with Crippen LogP contribution in [-0.4, -0.2) is 52.3 Å². The van der Waals surface area contributed by atoms with Crippen LogP contribution in [0.2, 0.25) is 0 Å². The Hall–Kier alpha value is -7.39. The molecule has 7 aromatic carbocycles. The van der Waals surface area contributed by atoms with Gasteiger partial charge in [-0.15, -0.1) is 20.5 Å². The molecule has 57 heavy (non-hydrogen) atoms. The maximum atomic E-state index is 12.5. The Morgan fingerprint density at radius 3 is 1.67 bits per heavy atom. The van der Waals surface area contributed by atoms with E-state index in [1.165, 1.54) is 60.7 Å². The fraction of sp³-hybridized carbons (Fsp3) is 0. The number of anilines is 1. The summed E-state index contributed by atoms with van der Waals surface area (Å²) in [4.78, 5) is 9.86. The summed E-state index contributed by atoms with van der Waals surface area (Å²) in [6.07, 6.45) is 0. The number of carbonyl (C=O) groups is 1. The van der Waals surface area contributed by atoms with E-state index in [0.29, 0.717) is 16.5 Å². The van der Waals surface area contributed by atoms with E-state index in [9.17, 15) is 51.2 Å². The van der Waals surface area contributed by atoms with Gasteiger partial charge in [0.15, 0.2) is 11.5 Å². The first-order chi connectivity index (χ1) is 27.0. The van der Waals surface area contributed by atoms with Crippen LogP contribution in [0.3, 0.4) is 0 Å². The van der Waals surface area contributed by atoms with E-state index in [-0.39, 0.29) is 49.9 Å². The molecule has 20 heteroatoms. The van der Waals surface area contributed by atoms with Crippen LogP contribution in [0, 0.1) is 0 Å². The largest absolute Gasteiger partial charge is 0.507 e. The zero-order chi connectivity index (χ0) is 40.8. The maximum absolute atomic E-state index is 12.5. The molecule has 0 bridgehead atoms. The number of nitrogens with two attached hydrogens (primary N) is 1. The van der Waals surface area contributed by atoms with Crippen molar-refractivity contribution in [2.45, 2.75) is 9.79 Å². The third kappa shape index (κ3) is 7.51. The maximum Gasteiger partial charge on any atom is 0.339 e. The topological polar surface area (TPSA) is 307 Å². The molecule has 0 saturated heterocycles. The van der Waals surface area contributed by atoms with Gasteiger partial charge in [0.2, 0.25) is 0 Å². The fourth-order valence-electron chi connectivity index (χ4n) is 5.87. The summed E-state index contributed by atoms with van der Waals surface area (Å²) < 4.78 is 69.5. The Labute approximate surface area is 320 Å². The summed E-state index contributed by atoms with van der Waals surface area (Å²) in [7, 11) is -9.93. The molecule has 286 valence electrons. The number of azo groups is 3. The Kier molecular flexibility index (Phi) is 9.55. The molecule has 0 aliphatic rings. The van der Waals surface area contributed by atoms with Gasteiger partial charge in [-0.25, -0.2) is 4.79 Å². The number of fused-ring (bicyclic) bond motifs is 3. The third-order valence-corrected chi connectivity index (χ3v) is 10.3. The van der Waals surface area contributed by atoms with Gasteiger partial charge >= 0.3 is 5.97 Å². The van der Waals surface area contributed by atoms with Crippen molar-refractivity contribution in [3.05, 3.63) is 109 Å². The van der Waals surface area contributed by atoms with Crippen molar-refractivity contribution in [2.24, 2.45) is 30.7 Å². The molecule has 18 nitrogen and oxygen atoms in total. The van der Waals surface area contributed by atoms with Crippen LogP contribution < -0.4 is 5.73 Å². The van der Waals surface area contributed by atoms with Crippen LogP contribution >= 0.6 is 0 Å². The van der Waals surface area contributed by atoms with Crippen molar-refractivity contribution in [3.8, 4) is 17.2 Å². The summed E-state index contributed by atoms with van der Waals surface area (Å²) in [6.45, 7) is 0. The van der Waals surface area contributed by atoms with Gasteiger partial charge in [-0.1, -0.05) is 30.3 Å². The monoisotopic (exact) mass is 807 g/mol. The zero-order valence-electron chi connectivity index (χ0n) is 28.6. The standard InChI is InChI=1S/C37H25N7O11S2/c38-20-6-9-23-19(13-20)15-32(57(53,54)55)33(35(23)46)43-40-21-7-5-18-14-31(56(50,51)52)34(36(47)26(18)16-21)44-42-29-11-10-28(24-3-1-2-4-25(24)29)41-39-22-8-12-30(45)27(17-22)37(48)49/h1-17,45-47H,38H2,(H,48,49)(H,50,51,52)(H,53,54,55). The zero-order valence-corrected chi connectivity index (χ0v) is 30.2. The van der Waals surface area contributed by atoms with Gasteiger partial charge in [-0.2, -0.15) is 27.1 Å². The second-order valence-corrected chi connectivity index (χ2v) is 15.0. The smallest absolute Gasteiger partial charge is 0.339 e. The van der Waals surface area contributed by atoms with Crippen molar-refractivity contribution in [3.63, 3.8) is 0 Å². The quantitative estimate of drug-likeness (QED) is 0.0407. The van der Waals surface area contributed by atoms with E-state index >= 15 is 0 Å². The molecule has 0 radical (unpaired) electrons. The number of rotatable bonds is 9. The lowest BCUT2D eigenvalue weighted by Crippen LogP contribution is -1.99. The summed E-state index contributed by atoms with van der Waals surface area (Å²) >= 11 is 0. The van der Waals surface area contributed by atoms with Crippen molar-refractivity contribution >= 4 is 98.3 Å². The minimum absolute atomic E-state index is 0.0272. The molecular weight excluding hydrogens is 783 g/mol. The average molecular weight is 808 g/mol. The van der Waals surface area contributed by atoms with Gasteiger partial charge in [0.05, 0.1) is 22.7 Å². The van der Waals surface area contributed by atoms with Gasteiger partial charge in [0.1, 0.15) is 32.5 Å². The first-order valence-electron chi connectivity index (χ1n) is 16.1. The Balaban J connectivity index is 1.29. The highest BCUT2D eigenvalue weighted by Crippen LogP contribution is 2.45. The molecule has 0 spiro atoms. The number of carboxylic acids is 1. The molecule has 0 aromatic heterocycles. The van der Waals surface area contributed by atoms with Crippen LogP contribution in [0.4, 0.5) is 39.8 Å². The molecular formula is C37H25N7O11S2. The van der Waals surface area contributed by atoms with Crippen molar-refractivity contribution in [1.29, 1.82) is 0 Å². The second kappa shape index (κ2) is 14.4. The third-order valence-electron chi connectivity index (χ3n) is 8.55. The molecule has 8 N–H and O–H groups in total. The van der Waals surface area contributed by atoms with E-state index in [1.54, 1.807) is 24.3 Å². The number of hydrogen-bond donors (Lipinski definition) is 7. The van der Waals surface area contributed by atoms with Gasteiger partial charge in [-0.05, 0) is 83.6 Å². The second-order valence-electron chi connectivity index (χ2n) is 12.2. The van der Waals surface area contributed by atoms with Gasteiger partial charge in [-0.3, -0.25) is 9.11 Å². The van der Waals surface area contributed by atoms with E-state index < -0.39 is 64.6 Å². The summed E-state index contributed by atoms with van der Waals surface area (Å²) in [6, 6.07) is 23.7. The van der Waals surface area contributed by atoms with E-state index in [0.717, 1.165) is 18.2 Å². The summed E-state index contributed by atoms with van der Waals surface area (Å²) in [5, 5.41) is 67.1. The highest BCUT2D eigenvalue weighted by atomic mass is 32.2.